The summed E-state index contributed by atoms with van der Waals surface area (Å²) in [5, 5.41) is 2.81. The number of carbonyl (C=O) groups is 1. The summed E-state index contributed by atoms with van der Waals surface area (Å²) in [6, 6.07) is 8.18. The third-order valence-electron chi connectivity index (χ3n) is 1.94. The summed E-state index contributed by atoms with van der Waals surface area (Å²) < 4.78 is 1.40. The van der Waals surface area contributed by atoms with E-state index in [1.54, 1.807) is 0 Å². The summed E-state index contributed by atoms with van der Waals surface area (Å²) in [4.78, 5) is 10.9. The van der Waals surface area contributed by atoms with Gasteiger partial charge in [0, 0.05) is 0 Å². The first kappa shape index (κ1) is 11.3. The monoisotopic (exact) mass is 254 g/mol. The van der Waals surface area contributed by atoms with Crippen molar-refractivity contribution >= 4 is 29.5 Å². The van der Waals surface area contributed by atoms with Crippen molar-refractivity contribution in [2.75, 3.05) is 5.32 Å². The molecule has 0 aliphatic rings. The van der Waals surface area contributed by atoms with Gasteiger partial charge in [0.25, 0.3) is 0 Å². The Morgan fingerprint density at radius 1 is 1.29 bits per heavy atom. The number of anilines is 1. The molecule has 1 aromatic carbocycles. The van der Waals surface area contributed by atoms with Gasteiger partial charge in [-0.25, -0.2) is 0 Å². The molecule has 0 spiro atoms. The normalized spacial score (nSPS) is 11.1. The molecule has 0 aromatic heterocycles. The van der Waals surface area contributed by atoms with Gasteiger partial charge in [-0.2, -0.15) is 0 Å². The summed E-state index contributed by atoms with van der Waals surface area (Å²) in [7, 11) is 0. The Bertz CT molecular complexity index is 341. The molecule has 1 amide bonds. The maximum absolute atomic E-state index is 10.9. The molecule has 3 heteroatoms. The van der Waals surface area contributed by atoms with Crippen molar-refractivity contribution < 1.29 is 4.79 Å². The second-order valence-electron chi connectivity index (χ2n) is 4.24. The van der Waals surface area contributed by atoms with Crippen LogP contribution in [0.5, 0.6) is 0 Å². The van der Waals surface area contributed by atoms with E-state index in [1.165, 1.54) is 11.3 Å². The van der Waals surface area contributed by atoms with Crippen molar-refractivity contribution in [3.8, 4) is 0 Å². The molecule has 0 aliphatic heterocycles. The molecule has 0 saturated heterocycles. The van der Waals surface area contributed by atoms with Gasteiger partial charge in [0.15, 0.2) is 0 Å². The van der Waals surface area contributed by atoms with Crippen LogP contribution < -0.4 is 9.67 Å². The van der Waals surface area contributed by atoms with E-state index in [-0.39, 0.29) is 5.91 Å². The molecule has 1 aromatic rings. The molecule has 0 heterocycles. The first-order valence-corrected chi connectivity index (χ1v) is 11.2. The zero-order chi connectivity index (χ0) is 10.8. The van der Waals surface area contributed by atoms with Gasteiger partial charge in [0.1, 0.15) is 0 Å². The van der Waals surface area contributed by atoms with Crippen LogP contribution in [0.15, 0.2) is 24.3 Å². The predicted molar refractivity (Wildman–Crippen MR) is 63.7 cm³/mol. The Labute approximate surface area is 88.2 Å². The van der Waals surface area contributed by atoms with Crippen molar-refractivity contribution in [1.82, 2.24) is 0 Å². The molecular weight excluding hydrogens is 237 g/mol. The van der Waals surface area contributed by atoms with Crippen molar-refractivity contribution in [1.29, 1.82) is 0 Å². The second kappa shape index (κ2) is 4.18. The van der Waals surface area contributed by atoms with Gasteiger partial charge in [-0.05, 0) is 0 Å². The third kappa shape index (κ3) is 3.19. The molecule has 1 N–H and O–H groups in total. The van der Waals surface area contributed by atoms with E-state index in [9.17, 15) is 4.79 Å². The SMILES string of the molecule is CC(=O)Nc1cccc([As+](C)(C)C)c1. The van der Waals surface area contributed by atoms with E-state index in [2.05, 4.69) is 34.6 Å². The molecular formula is C11H17AsNO+. The number of rotatable bonds is 2. The van der Waals surface area contributed by atoms with E-state index in [1.807, 2.05) is 12.1 Å². The standard InChI is InChI=1S/C11H16AsNO/c1-9(14)13-11-7-5-6-10(8-11)12(2,3)4/h5-8H,1-4H3/p+1. The molecule has 0 aliphatic carbocycles. The number of carbonyl (C=O) groups excluding carboxylic acids is 1. The van der Waals surface area contributed by atoms with E-state index >= 15 is 0 Å². The Balaban J connectivity index is 2.95. The van der Waals surface area contributed by atoms with Gasteiger partial charge < -0.3 is 0 Å². The third-order valence-corrected chi connectivity index (χ3v) is 5.78. The number of benzene rings is 1. The van der Waals surface area contributed by atoms with Crippen LogP contribution in [-0.2, 0) is 4.79 Å². The fraction of sp³-hybridized carbons (Fsp3) is 0.364. The average Bonchev–Trinajstić information content (AvgIpc) is 2.01. The molecule has 0 fully saturated rings. The van der Waals surface area contributed by atoms with Crippen LogP contribution in [0.25, 0.3) is 0 Å². The van der Waals surface area contributed by atoms with Crippen LogP contribution in [0.4, 0.5) is 5.69 Å². The zero-order valence-corrected chi connectivity index (χ0v) is 11.0. The van der Waals surface area contributed by atoms with Crippen molar-refractivity contribution in [2.24, 2.45) is 0 Å². The average molecular weight is 254 g/mol. The number of nitrogens with one attached hydrogen (secondary N) is 1. The Hall–Kier alpha value is -0.752. The van der Waals surface area contributed by atoms with Gasteiger partial charge >= 0.3 is 87.9 Å². The quantitative estimate of drug-likeness (QED) is 0.805. The molecule has 0 unspecified atom stereocenters. The minimum absolute atomic E-state index is 0.0123. The molecule has 0 saturated carbocycles. The van der Waals surface area contributed by atoms with Crippen LogP contribution >= 0.6 is 0 Å². The molecule has 0 atom stereocenters. The van der Waals surface area contributed by atoms with Gasteiger partial charge in [0.2, 0.25) is 0 Å². The minimum atomic E-state index is -1.60. The Morgan fingerprint density at radius 3 is 2.43 bits per heavy atom. The predicted octanol–water partition coefficient (Wildman–Crippen LogP) is 2.19. The Kier molecular flexibility index (Phi) is 3.38. The van der Waals surface area contributed by atoms with Crippen LogP contribution in [0, 0.1) is 0 Å². The first-order valence-electron chi connectivity index (χ1n) is 4.59. The van der Waals surface area contributed by atoms with Gasteiger partial charge in [-0.1, -0.05) is 0 Å². The van der Waals surface area contributed by atoms with Gasteiger partial charge in [-0.15, -0.1) is 0 Å². The maximum atomic E-state index is 10.9. The molecule has 14 heavy (non-hydrogen) atoms. The summed E-state index contributed by atoms with van der Waals surface area (Å²) in [5.74, 6) is -0.0123. The van der Waals surface area contributed by atoms with Crippen molar-refractivity contribution in [2.45, 2.75) is 24.1 Å². The Morgan fingerprint density at radius 2 is 1.93 bits per heavy atom. The van der Waals surface area contributed by atoms with Crippen LogP contribution in [-0.4, -0.2) is 19.5 Å². The molecule has 0 bridgehead atoms. The van der Waals surface area contributed by atoms with E-state index in [4.69, 9.17) is 0 Å². The molecule has 76 valence electrons. The summed E-state index contributed by atoms with van der Waals surface area (Å²) in [6.45, 7) is 1.53. The van der Waals surface area contributed by atoms with Crippen LogP contribution in [0.2, 0.25) is 17.1 Å². The fourth-order valence-electron chi connectivity index (χ4n) is 1.20. The fourth-order valence-corrected chi connectivity index (χ4v) is 3.43. The number of hydrogen-bond acceptors (Lipinski definition) is 1. The number of hydrogen-bond donors (Lipinski definition) is 1. The van der Waals surface area contributed by atoms with E-state index in [0.717, 1.165) is 5.69 Å². The number of amides is 1. The van der Waals surface area contributed by atoms with E-state index < -0.39 is 13.6 Å². The van der Waals surface area contributed by atoms with Crippen LogP contribution in [0.1, 0.15) is 6.92 Å². The summed E-state index contributed by atoms with van der Waals surface area (Å²) in [5.41, 5.74) is 7.88. The molecule has 2 nitrogen and oxygen atoms in total. The molecule has 0 radical (unpaired) electrons. The van der Waals surface area contributed by atoms with Crippen LogP contribution in [0.3, 0.4) is 0 Å². The van der Waals surface area contributed by atoms with E-state index in [0.29, 0.717) is 0 Å². The zero-order valence-electron chi connectivity index (χ0n) is 9.16. The van der Waals surface area contributed by atoms with Gasteiger partial charge in [-0.3, -0.25) is 0 Å². The second-order valence-corrected chi connectivity index (χ2v) is 13.8. The van der Waals surface area contributed by atoms with Gasteiger partial charge in [0.05, 0.1) is 0 Å². The van der Waals surface area contributed by atoms with Crippen molar-refractivity contribution in [3.63, 3.8) is 0 Å². The molecule has 1 rings (SSSR count). The topological polar surface area (TPSA) is 29.1 Å². The summed E-state index contributed by atoms with van der Waals surface area (Å²) in [6.07, 6.45) is 0. The first-order chi connectivity index (χ1) is 6.39. The summed E-state index contributed by atoms with van der Waals surface area (Å²) >= 11 is -1.60. The van der Waals surface area contributed by atoms with Crippen molar-refractivity contribution in [3.05, 3.63) is 24.3 Å².